The zero-order valence-electron chi connectivity index (χ0n) is 33.9. The van der Waals surface area contributed by atoms with Crippen LogP contribution in [0.15, 0.2) is 42.0 Å². The fraction of sp³-hybridized carbons (Fsp3) is 0.348. The number of aryl methyl sites for hydroxylation is 4. The van der Waals surface area contributed by atoms with Crippen LogP contribution in [0.4, 0.5) is 5.69 Å². The maximum atomic E-state index is 13.8. The normalized spacial score (nSPS) is 20.5. The number of amides is 1. The van der Waals surface area contributed by atoms with E-state index >= 15 is 0 Å². The van der Waals surface area contributed by atoms with Crippen molar-refractivity contribution in [2.24, 2.45) is 5.73 Å². The number of fused-ring (bicyclic) bond motifs is 11. The number of hydrogen-bond donors (Lipinski definition) is 5. The van der Waals surface area contributed by atoms with Gasteiger partial charge in [0.25, 0.3) is 0 Å². The van der Waals surface area contributed by atoms with E-state index in [1.807, 2.05) is 64.2 Å². The molecule has 0 saturated carbocycles. The Hall–Kier alpha value is -6.30. The van der Waals surface area contributed by atoms with Crippen molar-refractivity contribution in [2.45, 2.75) is 96.9 Å². The Morgan fingerprint density at radius 1 is 0.897 bits per heavy atom. The molecule has 4 aromatic rings. The number of primary amides is 1. The molecular weight excluding hydrogens is 733 g/mol. The molecule has 6 heterocycles. The van der Waals surface area contributed by atoms with Crippen LogP contribution in [0.3, 0.4) is 0 Å². The second-order valence-electron chi connectivity index (χ2n) is 16.2. The standard InChI is InChI=1S/C46H48N6O6/c1-8-26-22(3)33-18-32-23(4)27(11-14-39(54)55)35(48-32)19-36-28(12-15-40(56)57)24(5)34(49-36)20-38-46(9-2)31-16-25(21-53)10-13-37(31)52(7)43-30(44(47)58)17-29(41(26)50-33)42(51-38)45(43,46)6/h10,13,16-21,43,48-49H,8-9,11-12,14-15H2,1-7H3,(H2,47,58)(H,54,55)(H,56,57). The smallest absolute Gasteiger partial charge is 0.303 e. The maximum absolute atomic E-state index is 13.8. The Kier molecular flexibility index (Phi) is 9.09. The Labute approximate surface area is 335 Å². The Bertz CT molecular complexity index is 2750. The van der Waals surface area contributed by atoms with Crippen molar-refractivity contribution >= 4 is 69.1 Å². The molecule has 12 nitrogen and oxygen atoms in total. The van der Waals surface area contributed by atoms with Gasteiger partial charge in [-0.1, -0.05) is 20.8 Å². The molecule has 0 saturated heterocycles. The highest BCUT2D eigenvalue weighted by Crippen LogP contribution is 2.64. The van der Waals surface area contributed by atoms with Crippen molar-refractivity contribution < 1.29 is 29.4 Å². The van der Waals surface area contributed by atoms with Gasteiger partial charge in [-0.2, -0.15) is 0 Å². The number of likely N-dealkylation sites (N-methyl/N-ethyl adjacent to an activating group) is 1. The SMILES string of the molecule is CCC1=C(C)c2cc3[nH]c(cc4[nH]c(cc5nc6c(c1n2)C=C(C(N)=O)C1N(C)c2ccc(C=O)cc2C5(CC)C61C)c(C)c4CCC(=O)O)c(CCC(=O)O)c3C. The van der Waals surface area contributed by atoms with E-state index in [2.05, 4.69) is 35.6 Å². The number of aromatic nitrogens is 4. The van der Waals surface area contributed by atoms with E-state index in [0.29, 0.717) is 40.8 Å². The largest absolute Gasteiger partial charge is 0.481 e. The molecule has 12 heteroatoms. The Morgan fingerprint density at radius 2 is 1.52 bits per heavy atom. The van der Waals surface area contributed by atoms with Crippen molar-refractivity contribution in [2.75, 3.05) is 11.9 Å². The highest BCUT2D eigenvalue weighted by atomic mass is 16.4. The third-order valence-electron chi connectivity index (χ3n) is 13.5. The summed E-state index contributed by atoms with van der Waals surface area (Å²) in [4.78, 5) is 70.3. The summed E-state index contributed by atoms with van der Waals surface area (Å²) in [6, 6.07) is 11.1. The van der Waals surface area contributed by atoms with Crippen LogP contribution in [0.1, 0.15) is 120 Å². The lowest BCUT2D eigenvalue weighted by atomic mass is 9.50. The number of rotatable bonds is 10. The van der Waals surface area contributed by atoms with E-state index in [9.17, 15) is 29.4 Å². The number of anilines is 1. The number of carboxylic acid groups (broad SMARTS) is 2. The molecule has 298 valence electrons. The highest BCUT2D eigenvalue weighted by Gasteiger charge is 2.66. The summed E-state index contributed by atoms with van der Waals surface area (Å²) in [6.45, 7) is 12.3. The number of nitrogens with two attached hydrogens (primary N) is 1. The number of aromatic amines is 2. The van der Waals surface area contributed by atoms with E-state index in [0.717, 1.165) is 84.6 Å². The van der Waals surface area contributed by atoms with Crippen LogP contribution in [0.5, 0.6) is 0 Å². The molecule has 0 fully saturated rings. The minimum absolute atomic E-state index is 0.0714. The van der Waals surface area contributed by atoms with Gasteiger partial charge in [0.05, 0.1) is 39.6 Å². The van der Waals surface area contributed by atoms with Gasteiger partial charge in [-0.3, -0.25) is 24.2 Å². The van der Waals surface area contributed by atoms with E-state index < -0.39 is 34.7 Å². The zero-order valence-corrected chi connectivity index (χ0v) is 33.9. The monoisotopic (exact) mass is 780 g/mol. The second-order valence-corrected chi connectivity index (χ2v) is 16.2. The van der Waals surface area contributed by atoms with Crippen molar-refractivity contribution in [1.82, 2.24) is 19.9 Å². The third kappa shape index (κ3) is 5.33. The number of carbonyl (C=O) groups excluding carboxylic acids is 2. The lowest BCUT2D eigenvalue weighted by molar-refractivity contribution is -0.138. The van der Waals surface area contributed by atoms with Gasteiger partial charge in [-0.25, -0.2) is 4.98 Å². The summed E-state index contributed by atoms with van der Waals surface area (Å²) in [7, 11) is 1.96. The Morgan fingerprint density at radius 3 is 2.07 bits per heavy atom. The number of hydrogen-bond acceptors (Lipinski definition) is 7. The first-order valence-corrected chi connectivity index (χ1v) is 19.9. The van der Waals surface area contributed by atoms with E-state index in [1.54, 1.807) is 6.07 Å². The van der Waals surface area contributed by atoms with Gasteiger partial charge in [0, 0.05) is 64.3 Å². The van der Waals surface area contributed by atoms with Gasteiger partial charge < -0.3 is 30.8 Å². The topological polar surface area (TPSA) is 195 Å². The molecule has 3 aliphatic heterocycles. The first-order chi connectivity index (χ1) is 27.6. The number of aldehydes is 1. The van der Waals surface area contributed by atoms with Crippen LogP contribution in [-0.4, -0.2) is 67.4 Å². The van der Waals surface area contributed by atoms with Gasteiger partial charge in [0.1, 0.15) is 6.29 Å². The molecule has 1 aromatic carbocycles. The number of carboxylic acids is 2. The van der Waals surface area contributed by atoms with Crippen LogP contribution in [-0.2, 0) is 38.1 Å². The molecule has 4 aliphatic rings. The van der Waals surface area contributed by atoms with Gasteiger partial charge in [-0.15, -0.1) is 0 Å². The van der Waals surface area contributed by atoms with Gasteiger partial charge in [0.2, 0.25) is 5.91 Å². The summed E-state index contributed by atoms with van der Waals surface area (Å²) in [5, 5.41) is 19.5. The number of carbonyl (C=O) groups is 4. The van der Waals surface area contributed by atoms with Crippen LogP contribution in [0.25, 0.3) is 39.3 Å². The number of aliphatic carboxylic acids is 2. The summed E-state index contributed by atoms with van der Waals surface area (Å²) < 4.78 is 0. The summed E-state index contributed by atoms with van der Waals surface area (Å²) in [5.41, 5.74) is 19.3. The molecule has 6 N–H and O–H groups in total. The molecule has 8 rings (SSSR count). The van der Waals surface area contributed by atoms with Gasteiger partial charge in [-0.05, 0) is 128 Å². The average Bonchev–Trinajstić information content (AvgIpc) is 3.84. The summed E-state index contributed by atoms with van der Waals surface area (Å²) >= 11 is 0. The molecule has 8 bridgehead atoms. The number of nitrogens with zero attached hydrogens (tertiary/aromatic N) is 3. The van der Waals surface area contributed by atoms with Crippen LogP contribution >= 0.6 is 0 Å². The third-order valence-corrected chi connectivity index (χ3v) is 13.5. The molecule has 3 aromatic heterocycles. The van der Waals surface area contributed by atoms with E-state index in [1.165, 1.54) is 0 Å². The van der Waals surface area contributed by atoms with E-state index in [-0.39, 0.29) is 25.7 Å². The Balaban J connectivity index is 1.62. The zero-order chi connectivity index (χ0) is 41.6. The van der Waals surface area contributed by atoms with Crippen molar-refractivity contribution in [3.05, 3.63) is 104 Å². The molecule has 0 spiro atoms. The minimum atomic E-state index is -0.923. The predicted molar refractivity (Wildman–Crippen MR) is 225 cm³/mol. The molecule has 1 amide bonds. The average molecular weight is 781 g/mol. The summed E-state index contributed by atoms with van der Waals surface area (Å²) in [5.74, 6) is -2.38. The van der Waals surface area contributed by atoms with Crippen molar-refractivity contribution in [3.63, 3.8) is 0 Å². The first kappa shape index (κ1) is 38.6. The number of H-pyrrole nitrogens is 2. The fourth-order valence-corrected chi connectivity index (χ4v) is 10.6. The molecule has 3 atom stereocenters. The van der Waals surface area contributed by atoms with Crippen LogP contribution in [0, 0.1) is 13.8 Å². The van der Waals surface area contributed by atoms with Crippen LogP contribution in [0.2, 0.25) is 0 Å². The summed E-state index contributed by atoms with van der Waals surface area (Å²) in [6.07, 6.45) is 4.30. The predicted octanol–water partition coefficient (Wildman–Crippen LogP) is 7.47. The maximum Gasteiger partial charge on any atom is 0.303 e. The van der Waals surface area contributed by atoms with Gasteiger partial charge >= 0.3 is 11.9 Å². The lowest BCUT2D eigenvalue weighted by Gasteiger charge is -2.58. The van der Waals surface area contributed by atoms with Crippen molar-refractivity contribution in [3.8, 4) is 0 Å². The van der Waals surface area contributed by atoms with Crippen molar-refractivity contribution in [1.29, 1.82) is 0 Å². The molecule has 3 unspecified atom stereocenters. The molecule has 58 heavy (non-hydrogen) atoms. The quantitative estimate of drug-likeness (QED) is 0.101. The number of benzene rings is 1. The highest BCUT2D eigenvalue weighted by molar-refractivity contribution is 6.04. The number of allylic oxidation sites excluding steroid dienone is 2. The molecule has 1 aliphatic carbocycles. The van der Waals surface area contributed by atoms with E-state index in [4.69, 9.17) is 15.7 Å². The fourth-order valence-electron chi connectivity index (χ4n) is 10.6. The van der Waals surface area contributed by atoms with Crippen LogP contribution < -0.4 is 10.6 Å². The first-order valence-electron chi connectivity index (χ1n) is 19.9. The minimum Gasteiger partial charge on any atom is -0.481 e. The molecule has 0 radical (unpaired) electrons. The van der Waals surface area contributed by atoms with Gasteiger partial charge in [0.15, 0.2) is 0 Å². The molecular formula is C46H48N6O6. The number of nitrogens with one attached hydrogen (secondary N) is 2. The lowest BCUT2D eigenvalue weighted by Crippen LogP contribution is -2.64. The second kappa shape index (κ2) is 13.7.